The molecule has 1 fully saturated rings. The Morgan fingerprint density at radius 3 is 2.48 bits per heavy atom. The number of benzene rings is 2. The summed E-state index contributed by atoms with van der Waals surface area (Å²) in [6.45, 7) is 2.59. The van der Waals surface area contributed by atoms with E-state index in [4.69, 9.17) is 9.47 Å². The molecular formula is C22H29N2O3+. The average molecular weight is 369 g/mol. The molecule has 0 spiro atoms. The minimum Gasteiger partial charge on any atom is -0.497 e. The zero-order valence-corrected chi connectivity index (χ0v) is 16.2. The van der Waals surface area contributed by atoms with Crippen molar-refractivity contribution in [1.29, 1.82) is 0 Å². The van der Waals surface area contributed by atoms with Crippen molar-refractivity contribution < 1.29 is 19.2 Å². The van der Waals surface area contributed by atoms with Gasteiger partial charge >= 0.3 is 0 Å². The second kappa shape index (κ2) is 9.42. The van der Waals surface area contributed by atoms with Crippen LogP contribution < -0.4 is 19.7 Å². The minimum absolute atomic E-state index is 0.0231. The molecule has 3 rings (SSSR count). The topological polar surface area (TPSA) is 52.0 Å². The van der Waals surface area contributed by atoms with Crippen LogP contribution in [0.2, 0.25) is 0 Å². The van der Waals surface area contributed by atoms with Gasteiger partial charge in [0, 0.05) is 6.07 Å². The van der Waals surface area contributed by atoms with Gasteiger partial charge in [0.25, 0.3) is 5.91 Å². The van der Waals surface area contributed by atoms with E-state index in [2.05, 4.69) is 35.6 Å². The molecule has 1 amide bonds. The lowest BCUT2D eigenvalue weighted by atomic mass is 9.90. The second-order valence-electron chi connectivity index (χ2n) is 7.17. The zero-order valence-electron chi connectivity index (χ0n) is 16.2. The Kier molecular flexibility index (Phi) is 6.71. The summed E-state index contributed by atoms with van der Waals surface area (Å²) >= 11 is 0. The van der Waals surface area contributed by atoms with Crippen LogP contribution in [0.4, 0.5) is 5.69 Å². The van der Waals surface area contributed by atoms with Crippen LogP contribution >= 0.6 is 0 Å². The molecule has 0 saturated carbocycles. The number of carbonyl (C=O) groups is 1. The molecular weight excluding hydrogens is 340 g/mol. The number of anilines is 1. The van der Waals surface area contributed by atoms with Crippen molar-refractivity contribution in [2.45, 2.75) is 19.3 Å². The third kappa shape index (κ3) is 5.47. The average Bonchev–Trinajstić information content (AvgIpc) is 2.70. The molecule has 1 heterocycles. The number of methoxy groups -OCH3 is 2. The van der Waals surface area contributed by atoms with Crippen LogP contribution in [0.1, 0.15) is 18.4 Å². The molecule has 27 heavy (non-hydrogen) atoms. The van der Waals surface area contributed by atoms with E-state index < -0.39 is 0 Å². The van der Waals surface area contributed by atoms with Crippen LogP contribution in [0.5, 0.6) is 11.5 Å². The first-order valence-electron chi connectivity index (χ1n) is 9.57. The van der Waals surface area contributed by atoms with Crippen LogP contribution in [0.3, 0.4) is 0 Å². The third-order valence-corrected chi connectivity index (χ3v) is 5.27. The largest absolute Gasteiger partial charge is 0.497 e. The lowest BCUT2D eigenvalue weighted by Crippen LogP contribution is -3.14. The fraction of sp³-hybridized carbons (Fsp3) is 0.409. The van der Waals surface area contributed by atoms with E-state index >= 15 is 0 Å². The highest BCUT2D eigenvalue weighted by Crippen LogP contribution is 2.28. The molecule has 0 unspecified atom stereocenters. The van der Waals surface area contributed by atoms with E-state index in [-0.39, 0.29) is 5.91 Å². The molecule has 2 N–H and O–H groups in total. The van der Waals surface area contributed by atoms with Gasteiger partial charge in [-0.3, -0.25) is 4.79 Å². The standard InChI is InChI=1S/C22H28N2O3/c1-26-19-8-9-20(21(15-19)27-2)23-22(25)16-24-12-10-18(11-13-24)14-17-6-4-3-5-7-17/h3-9,15,18H,10-14,16H2,1-2H3,(H,23,25)/p+1. The van der Waals surface area contributed by atoms with Crippen LogP contribution in [-0.4, -0.2) is 39.8 Å². The molecule has 0 bridgehead atoms. The minimum atomic E-state index is 0.0231. The number of quaternary nitrogens is 1. The number of carbonyl (C=O) groups excluding carboxylic acids is 1. The van der Waals surface area contributed by atoms with Gasteiger partial charge in [-0.15, -0.1) is 0 Å². The van der Waals surface area contributed by atoms with Gasteiger partial charge in [-0.2, -0.15) is 0 Å². The van der Waals surface area contributed by atoms with Gasteiger partial charge in [0.2, 0.25) is 0 Å². The van der Waals surface area contributed by atoms with E-state index in [0.717, 1.165) is 25.4 Å². The second-order valence-corrected chi connectivity index (χ2v) is 7.17. The maximum absolute atomic E-state index is 12.5. The predicted molar refractivity (Wildman–Crippen MR) is 107 cm³/mol. The van der Waals surface area contributed by atoms with Gasteiger partial charge in [-0.05, 0) is 42.9 Å². The first kappa shape index (κ1) is 19.2. The molecule has 1 aliphatic heterocycles. The molecule has 1 aliphatic rings. The van der Waals surface area contributed by atoms with Crippen molar-refractivity contribution >= 4 is 11.6 Å². The summed E-state index contributed by atoms with van der Waals surface area (Å²) < 4.78 is 10.5. The number of nitrogens with one attached hydrogen (secondary N) is 2. The summed E-state index contributed by atoms with van der Waals surface area (Å²) in [5, 5.41) is 2.97. The Balaban J connectivity index is 1.47. The number of likely N-dealkylation sites (tertiary alicyclic amines) is 1. The molecule has 0 aliphatic carbocycles. The van der Waals surface area contributed by atoms with Crippen LogP contribution in [0.25, 0.3) is 0 Å². The van der Waals surface area contributed by atoms with Crippen LogP contribution in [-0.2, 0) is 11.2 Å². The van der Waals surface area contributed by atoms with Gasteiger partial charge in [0.15, 0.2) is 6.54 Å². The van der Waals surface area contributed by atoms with E-state index in [9.17, 15) is 4.79 Å². The Bertz CT molecular complexity index is 740. The highest BCUT2D eigenvalue weighted by atomic mass is 16.5. The molecule has 1 saturated heterocycles. The fourth-order valence-electron chi connectivity index (χ4n) is 3.74. The maximum Gasteiger partial charge on any atom is 0.279 e. The highest BCUT2D eigenvalue weighted by Gasteiger charge is 2.24. The fourth-order valence-corrected chi connectivity index (χ4v) is 3.74. The third-order valence-electron chi connectivity index (χ3n) is 5.27. The molecule has 5 heteroatoms. The van der Waals surface area contributed by atoms with Gasteiger partial charge in [0.1, 0.15) is 11.5 Å². The van der Waals surface area contributed by atoms with E-state index in [1.807, 2.05) is 12.1 Å². The van der Waals surface area contributed by atoms with E-state index in [0.29, 0.717) is 23.7 Å². The molecule has 0 aromatic heterocycles. The normalized spacial score (nSPS) is 19.3. The number of rotatable bonds is 7. The van der Waals surface area contributed by atoms with E-state index in [1.165, 1.54) is 23.3 Å². The monoisotopic (exact) mass is 369 g/mol. The van der Waals surface area contributed by atoms with Crippen molar-refractivity contribution in [3.63, 3.8) is 0 Å². The molecule has 144 valence electrons. The first-order valence-corrected chi connectivity index (χ1v) is 9.57. The van der Waals surface area contributed by atoms with Crippen molar-refractivity contribution in [3.05, 3.63) is 54.1 Å². The maximum atomic E-state index is 12.5. The van der Waals surface area contributed by atoms with Crippen molar-refractivity contribution in [3.8, 4) is 11.5 Å². The Hall–Kier alpha value is -2.53. The summed E-state index contributed by atoms with van der Waals surface area (Å²) in [6, 6.07) is 16.1. The van der Waals surface area contributed by atoms with Gasteiger partial charge < -0.3 is 19.7 Å². The molecule has 0 radical (unpaired) electrons. The zero-order chi connectivity index (χ0) is 19.1. The van der Waals surface area contributed by atoms with Crippen LogP contribution in [0.15, 0.2) is 48.5 Å². The lowest BCUT2D eigenvalue weighted by Gasteiger charge is -2.29. The van der Waals surface area contributed by atoms with Gasteiger partial charge in [0.05, 0.1) is 33.0 Å². The molecule has 0 atom stereocenters. The quantitative estimate of drug-likeness (QED) is 0.787. The van der Waals surface area contributed by atoms with Crippen LogP contribution in [0, 0.1) is 5.92 Å². The molecule has 5 nitrogen and oxygen atoms in total. The highest BCUT2D eigenvalue weighted by molar-refractivity contribution is 5.93. The van der Waals surface area contributed by atoms with Gasteiger partial charge in [-0.25, -0.2) is 0 Å². The summed E-state index contributed by atoms with van der Waals surface area (Å²) in [4.78, 5) is 13.8. The van der Waals surface area contributed by atoms with Gasteiger partial charge in [-0.1, -0.05) is 30.3 Å². The summed E-state index contributed by atoms with van der Waals surface area (Å²) in [5.41, 5.74) is 2.09. The lowest BCUT2D eigenvalue weighted by molar-refractivity contribution is -0.898. The molecule has 2 aromatic carbocycles. The van der Waals surface area contributed by atoms with Crippen molar-refractivity contribution in [2.24, 2.45) is 5.92 Å². The Morgan fingerprint density at radius 1 is 1.07 bits per heavy atom. The summed E-state index contributed by atoms with van der Waals surface area (Å²) in [5.74, 6) is 2.06. The summed E-state index contributed by atoms with van der Waals surface area (Å²) in [7, 11) is 3.20. The number of amides is 1. The number of piperidine rings is 1. The Labute approximate surface area is 161 Å². The predicted octanol–water partition coefficient (Wildman–Crippen LogP) is 2.18. The number of ether oxygens (including phenoxy) is 2. The summed E-state index contributed by atoms with van der Waals surface area (Å²) in [6.07, 6.45) is 3.48. The Morgan fingerprint density at radius 2 is 1.81 bits per heavy atom. The number of hydrogen-bond donors (Lipinski definition) is 2. The smallest absolute Gasteiger partial charge is 0.279 e. The number of hydrogen-bond acceptors (Lipinski definition) is 3. The molecule has 2 aromatic rings. The first-order chi connectivity index (χ1) is 13.2. The van der Waals surface area contributed by atoms with Crippen molar-refractivity contribution in [1.82, 2.24) is 0 Å². The van der Waals surface area contributed by atoms with E-state index in [1.54, 1.807) is 20.3 Å². The van der Waals surface area contributed by atoms with Crippen molar-refractivity contribution in [2.75, 3.05) is 39.2 Å². The SMILES string of the molecule is COc1ccc(NC(=O)C[NH+]2CCC(Cc3ccccc3)CC2)c(OC)c1.